The lowest BCUT2D eigenvalue weighted by molar-refractivity contribution is 0.104. The number of hydrazone groups is 1. The molecule has 0 spiro atoms. The monoisotopic (exact) mass is 350 g/mol. The van der Waals surface area contributed by atoms with E-state index in [0.29, 0.717) is 21.4 Å². The number of anilines is 3. The number of rotatable bonds is 6. The first-order valence-electron chi connectivity index (χ1n) is 7.83. The number of thiazole rings is 1. The Balaban J connectivity index is 1.94. The van der Waals surface area contributed by atoms with E-state index in [-0.39, 0.29) is 5.78 Å². The smallest absolute Gasteiger partial charge is 0.206 e. The molecule has 126 valence electrons. The molecule has 2 aromatic carbocycles. The number of hydrogen-bond acceptors (Lipinski definition) is 6. The highest BCUT2D eigenvalue weighted by Crippen LogP contribution is 2.31. The van der Waals surface area contributed by atoms with Gasteiger partial charge in [0.15, 0.2) is 10.9 Å². The first-order valence-corrected chi connectivity index (χ1v) is 8.64. The fourth-order valence-corrected chi connectivity index (χ4v) is 3.03. The van der Waals surface area contributed by atoms with E-state index in [2.05, 4.69) is 20.8 Å². The van der Waals surface area contributed by atoms with Crippen LogP contribution in [0.15, 0.2) is 65.8 Å². The van der Waals surface area contributed by atoms with Crippen LogP contribution in [0.5, 0.6) is 0 Å². The quantitative estimate of drug-likeness (QED) is 0.376. The van der Waals surface area contributed by atoms with Gasteiger partial charge in [0.05, 0.1) is 0 Å². The van der Waals surface area contributed by atoms with E-state index in [0.717, 1.165) is 11.4 Å². The fourth-order valence-electron chi connectivity index (χ4n) is 2.13. The van der Waals surface area contributed by atoms with Crippen LogP contribution in [0.1, 0.15) is 29.1 Å². The number of aromatic nitrogens is 1. The minimum Gasteiger partial charge on any atom is -0.331 e. The van der Waals surface area contributed by atoms with Gasteiger partial charge in [-0.3, -0.25) is 10.2 Å². The molecule has 0 bridgehead atoms. The lowest BCUT2D eigenvalue weighted by Crippen LogP contribution is -2.03. The zero-order chi connectivity index (χ0) is 17.6. The molecule has 0 radical (unpaired) electrons. The van der Waals surface area contributed by atoms with Gasteiger partial charge in [0.1, 0.15) is 4.88 Å². The molecular formula is C19H18N4OS. The molecule has 0 atom stereocenters. The molecule has 0 aliphatic rings. The van der Waals surface area contributed by atoms with Gasteiger partial charge in [0.25, 0.3) is 0 Å². The number of carbonyl (C=O) groups is 1. The molecule has 0 aliphatic heterocycles. The predicted octanol–water partition coefficient (Wildman–Crippen LogP) is 4.93. The Morgan fingerprint density at radius 2 is 1.64 bits per heavy atom. The molecule has 0 saturated heterocycles. The van der Waals surface area contributed by atoms with Crippen molar-refractivity contribution in [3.8, 4) is 0 Å². The molecule has 0 amide bonds. The van der Waals surface area contributed by atoms with E-state index in [9.17, 15) is 4.79 Å². The molecule has 2 N–H and O–H groups in total. The zero-order valence-corrected chi connectivity index (χ0v) is 14.8. The number of para-hydroxylation sites is 1. The molecule has 0 fully saturated rings. The van der Waals surface area contributed by atoms with E-state index >= 15 is 0 Å². The number of ketones is 1. The Hall–Kier alpha value is -2.99. The van der Waals surface area contributed by atoms with Crippen LogP contribution in [0.4, 0.5) is 16.6 Å². The summed E-state index contributed by atoms with van der Waals surface area (Å²) in [5, 5.41) is 8.04. The second-order valence-electron chi connectivity index (χ2n) is 5.55. The summed E-state index contributed by atoms with van der Waals surface area (Å²) in [6.07, 6.45) is 0. The summed E-state index contributed by atoms with van der Waals surface area (Å²) in [5.41, 5.74) is 5.28. The second-order valence-corrected chi connectivity index (χ2v) is 6.55. The van der Waals surface area contributed by atoms with Crippen molar-refractivity contribution in [2.45, 2.75) is 13.8 Å². The van der Waals surface area contributed by atoms with Crippen molar-refractivity contribution < 1.29 is 4.79 Å². The first kappa shape index (κ1) is 16.9. The molecule has 1 aromatic heterocycles. The summed E-state index contributed by atoms with van der Waals surface area (Å²) in [5.74, 6) is 0.379. The zero-order valence-electron chi connectivity index (χ0n) is 14.0. The van der Waals surface area contributed by atoms with Crippen LogP contribution in [0, 0.1) is 0 Å². The van der Waals surface area contributed by atoms with Gasteiger partial charge in [-0.05, 0) is 26.0 Å². The third-order valence-corrected chi connectivity index (χ3v) is 4.25. The average Bonchev–Trinajstić information content (AvgIpc) is 3.03. The van der Waals surface area contributed by atoms with Gasteiger partial charge in [0, 0.05) is 17.0 Å². The standard InChI is InChI=1S/C19H18N4OS/c1-13(2)22-23-18-17(16(24)14-9-5-3-6-10-14)25-19(21-18)20-15-11-7-4-8-12-15/h3-12,23H,1-2H3,(H,20,21). The van der Waals surface area contributed by atoms with Crippen LogP contribution in [-0.2, 0) is 0 Å². The lowest BCUT2D eigenvalue weighted by Gasteiger charge is -2.01. The van der Waals surface area contributed by atoms with Gasteiger partial charge in [-0.15, -0.1) is 0 Å². The van der Waals surface area contributed by atoms with Gasteiger partial charge in [-0.1, -0.05) is 59.9 Å². The normalized spacial score (nSPS) is 10.2. The summed E-state index contributed by atoms with van der Waals surface area (Å²) in [7, 11) is 0. The Labute approximate surface area is 150 Å². The van der Waals surface area contributed by atoms with E-state index in [1.165, 1.54) is 11.3 Å². The van der Waals surface area contributed by atoms with Gasteiger partial charge < -0.3 is 5.32 Å². The van der Waals surface area contributed by atoms with E-state index in [1.807, 2.05) is 62.4 Å². The summed E-state index contributed by atoms with van der Waals surface area (Å²) >= 11 is 1.31. The van der Waals surface area contributed by atoms with Crippen LogP contribution in [0.3, 0.4) is 0 Å². The van der Waals surface area contributed by atoms with Crippen molar-refractivity contribution in [2.75, 3.05) is 10.7 Å². The lowest BCUT2D eigenvalue weighted by atomic mass is 10.1. The molecular weight excluding hydrogens is 332 g/mol. The summed E-state index contributed by atoms with van der Waals surface area (Å²) in [6.45, 7) is 3.75. The number of benzene rings is 2. The van der Waals surface area contributed by atoms with Crippen molar-refractivity contribution >= 4 is 39.5 Å². The summed E-state index contributed by atoms with van der Waals surface area (Å²) in [6, 6.07) is 18.9. The first-order chi connectivity index (χ1) is 12.1. The SMILES string of the molecule is CC(C)=NNc1nc(Nc2ccccc2)sc1C(=O)c1ccccc1. The van der Waals surface area contributed by atoms with Crippen molar-refractivity contribution in [1.29, 1.82) is 0 Å². The van der Waals surface area contributed by atoms with Crippen LogP contribution in [0.2, 0.25) is 0 Å². The van der Waals surface area contributed by atoms with Gasteiger partial charge in [-0.2, -0.15) is 5.10 Å². The Kier molecular flexibility index (Phi) is 5.20. The molecule has 3 aromatic rings. The second kappa shape index (κ2) is 7.72. The molecule has 5 nitrogen and oxygen atoms in total. The molecule has 3 rings (SSSR count). The minimum absolute atomic E-state index is 0.0781. The predicted molar refractivity (Wildman–Crippen MR) is 104 cm³/mol. The highest BCUT2D eigenvalue weighted by molar-refractivity contribution is 7.18. The Morgan fingerprint density at radius 3 is 2.28 bits per heavy atom. The molecule has 6 heteroatoms. The highest BCUT2D eigenvalue weighted by Gasteiger charge is 2.19. The maximum absolute atomic E-state index is 12.8. The van der Waals surface area contributed by atoms with Crippen LogP contribution in [0.25, 0.3) is 0 Å². The van der Waals surface area contributed by atoms with E-state index in [1.54, 1.807) is 12.1 Å². The molecule has 0 aliphatic carbocycles. The van der Waals surface area contributed by atoms with E-state index < -0.39 is 0 Å². The van der Waals surface area contributed by atoms with Crippen molar-refractivity contribution in [1.82, 2.24) is 4.98 Å². The van der Waals surface area contributed by atoms with Gasteiger partial charge in [-0.25, -0.2) is 4.98 Å². The molecule has 1 heterocycles. The van der Waals surface area contributed by atoms with Crippen molar-refractivity contribution in [2.24, 2.45) is 5.10 Å². The van der Waals surface area contributed by atoms with Gasteiger partial charge in [0.2, 0.25) is 5.78 Å². The maximum atomic E-state index is 12.8. The maximum Gasteiger partial charge on any atom is 0.206 e. The van der Waals surface area contributed by atoms with Crippen LogP contribution >= 0.6 is 11.3 Å². The summed E-state index contributed by atoms with van der Waals surface area (Å²) in [4.78, 5) is 17.8. The van der Waals surface area contributed by atoms with Crippen molar-refractivity contribution in [3.63, 3.8) is 0 Å². The summed E-state index contributed by atoms with van der Waals surface area (Å²) < 4.78 is 0. The van der Waals surface area contributed by atoms with Crippen LogP contribution < -0.4 is 10.7 Å². The third kappa shape index (κ3) is 4.30. The molecule has 0 saturated carbocycles. The van der Waals surface area contributed by atoms with E-state index in [4.69, 9.17) is 0 Å². The number of carbonyl (C=O) groups excluding carboxylic acids is 1. The molecule has 25 heavy (non-hydrogen) atoms. The average molecular weight is 350 g/mol. The van der Waals surface area contributed by atoms with Gasteiger partial charge >= 0.3 is 0 Å². The molecule has 0 unspecified atom stereocenters. The Morgan fingerprint density at radius 1 is 1.00 bits per heavy atom. The number of nitrogens with zero attached hydrogens (tertiary/aromatic N) is 2. The topological polar surface area (TPSA) is 66.4 Å². The number of hydrogen-bond donors (Lipinski definition) is 2. The Bertz CT molecular complexity index is 884. The largest absolute Gasteiger partial charge is 0.331 e. The fraction of sp³-hybridized carbons (Fsp3) is 0.105. The van der Waals surface area contributed by atoms with Crippen molar-refractivity contribution in [3.05, 3.63) is 71.1 Å². The number of nitrogens with one attached hydrogen (secondary N) is 2. The highest BCUT2D eigenvalue weighted by atomic mass is 32.1. The minimum atomic E-state index is -0.0781. The van der Waals surface area contributed by atoms with Crippen LogP contribution in [-0.4, -0.2) is 16.5 Å². The third-order valence-electron chi connectivity index (χ3n) is 3.28.